The van der Waals surface area contributed by atoms with Crippen LogP contribution in [-0.4, -0.2) is 41.7 Å². The fraction of sp³-hybridized carbons (Fsp3) is 0.286. The average molecular weight is 290 g/mol. The molecule has 1 heterocycles. The van der Waals surface area contributed by atoms with Gasteiger partial charge in [-0.2, -0.15) is 0 Å². The molecule has 0 bridgehead atoms. The fourth-order valence-corrected chi connectivity index (χ4v) is 2.03. The number of hydrogen-bond acceptors (Lipinski definition) is 5. The van der Waals surface area contributed by atoms with Crippen molar-refractivity contribution in [1.82, 2.24) is 4.90 Å². The number of amides is 3. The van der Waals surface area contributed by atoms with E-state index in [1.165, 1.54) is 0 Å². The van der Waals surface area contributed by atoms with Gasteiger partial charge >= 0.3 is 5.97 Å². The minimum Gasteiger partial charge on any atom is -0.456 e. The van der Waals surface area contributed by atoms with Gasteiger partial charge in [-0.05, 0) is 19.1 Å². The van der Waals surface area contributed by atoms with Crippen LogP contribution >= 0.6 is 0 Å². The summed E-state index contributed by atoms with van der Waals surface area (Å²) in [5.41, 5.74) is 6.38. The number of ether oxygens (including phenoxy) is 1. The summed E-state index contributed by atoms with van der Waals surface area (Å²) in [7, 11) is 0. The smallest absolute Gasteiger partial charge is 0.308 e. The Morgan fingerprint density at radius 1 is 1.19 bits per heavy atom. The first-order valence-electron chi connectivity index (χ1n) is 6.31. The number of aryl methyl sites for hydroxylation is 1. The lowest BCUT2D eigenvalue weighted by Crippen LogP contribution is -2.32. The number of primary amides is 1. The van der Waals surface area contributed by atoms with E-state index in [0.29, 0.717) is 11.1 Å². The van der Waals surface area contributed by atoms with Gasteiger partial charge in [-0.3, -0.25) is 24.1 Å². The third-order valence-corrected chi connectivity index (χ3v) is 3.04. The second-order valence-electron chi connectivity index (χ2n) is 4.69. The fourth-order valence-electron chi connectivity index (χ4n) is 2.03. The van der Waals surface area contributed by atoms with E-state index < -0.39 is 30.3 Å². The van der Waals surface area contributed by atoms with Crippen molar-refractivity contribution >= 4 is 23.7 Å². The zero-order valence-electron chi connectivity index (χ0n) is 11.4. The van der Waals surface area contributed by atoms with Crippen LogP contribution in [0.1, 0.15) is 32.7 Å². The van der Waals surface area contributed by atoms with Gasteiger partial charge < -0.3 is 10.5 Å². The van der Waals surface area contributed by atoms with Crippen molar-refractivity contribution in [3.05, 3.63) is 34.9 Å². The number of nitrogens with zero attached hydrogens (tertiary/aromatic N) is 1. The van der Waals surface area contributed by atoms with Gasteiger partial charge in [0.25, 0.3) is 17.7 Å². The minimum absolute atomic E-state index is 0.0943. The predicted octanol–water partition coefficient (Wildman–Crippen LogP) is 0.00962. The van der Waals surface area contributed by atoms with Gasteiger partial charge in [-0.1, -0.05) is 11.6 Å². The highest BCUT2D eigenvalue weighted by Crippen LogP contribution is 2.23. The molecule has 3 amide bonds. The maximum Gasteiger partial charge on any atom is 0.308 e. The van der Waals surface area contributed by atoms with E-state index in [2.05, 4.69) is 4.74 Å². The lowest BCUT2D eigenvalue weighted by Gasteiger charge is -2.12. The molecule has 1 aromatic carbocycles. The number of carbonyl (C=O) groups is 4. The van der Waals surface area contributed by atoms with Gasteiger partial charge in [0.05, 0.1) is 17.5 Å². The van der Waals surface area contributed by atoms with Crippen LogP contribution in [0.5, 0.6) is 0 Å². The van der Waals surface area contributed by atoms with Gasteiger partial charge in [0.15, 0.2) is 6.61 Å². The van der Waals surface area contributed by atoms with Crippen LogP contribution in [0.15, 0.2) is 18.2 Å². The first-order valence-corrected chi connectivity index (χ1v) is 6.31. The summed E-state index contributed by atoms with van der Waals surface area (Å²) >= 11 is 0. The Balaban J connectivity index is 2.00. The molecule has 0 aliphatic carbocycles. The van der Waals surface area contributed by atoms with Crippen LogP contribution in [-0.2, 0) is 14.3 Å². The molecular formula is C14H14N2O5. The first kappa shape index (κ1) is 14.7. The molecule has 1 aliphatic heterocycles. The molecule has 1 aliphatic rings. The minimum atomic E-state index is -0.764. The second-order valence-corrected chi connectivity index (χ2v) is 4.69. The summed E-state index contributed by atoms with van der Waals surface area (Å²) in [5.74, 6) is -2.32. The molecule has 0 saturated heterocycles. The predicted molar refractivity (Wildman–Crippen MR) is 71.3 cm³/mol. The molecule has 2 rings (SSSR count). The molecule has 0 aromatic heterocycles. The van der Waals surface area contributed by atoms with Gasteiger partial charge in [-0.25, -0.2) is 0 Å². The zero-order chi connectivity index (χ0) is 15.6. The zero-order valence-corrected chi connectivity index (χ0v) is 11.4. The van der Waals surface area contributed by atoms with Crippen LogP contribution < -0.4 is 5.73 Å². The molecule has 0 atom stereocenters. The first-order chi connectivity index (χ1) is 9.90. The van der Waals surface area contributed by atoms with Crippen molar-refractivity contribution in [2.45, 2.75) is 13.3 Å². The Bertz CT molecular complexity index is 638. The lowest BCUT2D eigenvalue weighted by atomic mass is 10.1. The Hall–Kier alpha value is -2.70. The number of carbonyl (C=O) groups excluding carboxylic acids is 4. The number of nitrogens with two attached hydrogens (primary N) is 1. The molecule has 0 spiro atoms. The Morgan fingerprint density at radius 2 is 1.86 bits per heavy atom. The second kappa shape index (κ2) is 5.74. The SMILES string of the molecule is Cc1ccc2c(c1)C(=O)N(CCC(=O)OCC(N)=O)C2=O. The van der Waals surface area contributed by atoms with Crippen molar-refractivity contribution in [3.63, 3.8) is 0 Å². The largest absolute Gasteiger partial charge is 0.456 e. The molecule has 110 valence electrons. The molecule has 0 unspecified atom stereocenters. The topological polar surface area (TPSA) is 107 Å². The summed E-state index contributed by atoms with van der Waals surface area (Å²) in [5, 5.41) is 0. The third-order valence-electron chi connectivity index (χ3n) is 3.04. The highest BCUT2D eigenvalue weighted by Gasteiger charge is 2.35. The molecule has 2 N–H and O–H groups in total. The van der Waals surface area contributed by atoms with Crippen molar-refractivity contribution in [1.29, 1.82) is 0 Å². The number of fused-ring (bicyclic) bond motifs is 1. The quantitative estimate of drug-likeness (QED) is 0.607. The molecule has 7 heteroatoms. The number of rotatable bonds is 5. The van der Waals surface area contributed by atoms with Crippen LogP contribution in [0, 0.1) is 6.92 Å². The number of benzene rings is 1. The van der Waals surface area contributed by atoms with Crippen LogP contribution in [0.25, 0.3) is 0 Å². The molecular weight excluding hydrogens is 276 g/mol. The Kier molecular flexibility index (Phi) is 4.02. The normalized spacial score (nSPS) is 13.3. The van der Waals surface area contributed by atoms with E-state index >= 15 is 0 Å². The Morgan fingerprint density at radius 3 is 2.52 bits per heavy atom. The summed E-state index contributed by atoms with van der Waals surface area (Å²) in [6.45, 7) is 1.21. The Labute approximate surface area is 120 Å². The average Bonchev–Trinajstić information content (AvgIpc) is 2.66. The van der Waals surface area contributed by atoms with Gasteiger partial charge in [0, 0.05) is 6.54 Å². The number of hydrogen-bond donors (Lipinski definition) is 1. The van der Waals surface area contributed by atoms with E-state index in [9.17, 15) is 19.2 Å². The highest BCUT2D eigenvalue weighted by atomic mass is 16.5. The van der Waals surface area contributed by atoms with E-state index in [1.807, 2.05) is 6.92 Å². The van der Waals surface area contributed by atoms with Crippen LogP contribution in [0.3, 0.4) is 0 Å². The maximum atomic E-state index is 12.1. The summed E-state index contributed by atoms with van der Waals surface area (Å²) in [6, 6.07) is 4.98. The highest BCUT2D eigenvalue weighted by molar-refractivity contribution is 6.21. The van der Waals surface area contributed by atoms with Gasteiger partial charge in [-0.15, -0.1) is 0 Å². The van der Waals surface area contributed by atoms with E-state index in [1.54, 1.807) is 18.2 Å². The van der Waals surface area contributed by atoms with Crippen LogP contribution in [0.2, 0.25) is 0 Å². The number of esters is 1. The van der Waals surface area contributed by atoms with Crippen LogP contribution in [0.4, 0.5) is 0 Å². The molecule has 21 heavy (non-hydrogen) atoms. The third kappa shape index (κ3) is 3.07. The summed E-state index contributed by atoms with van der Waals surface area (Å²) in [6.07, 6.45) is -0.183. The van der Waals surface area contributed by atoms with Crippen molar-refractivity contribution in [2.75, 3.05) is 13.2 Å². The molecule has 0 saturated carbocycles. The monoisotopic (exact) mass is 290 g/mol. The maximum absolute atomic E-state index is 12.1. The lowest BCUT2D eigenvalue weighted by molar-refractivity contribution is -0.147. The molecule has 1 aromatic rings. The molecule has 7 nitrogen and oxygen atoms in total. The van der Waals surface area contributed by atoms with E-state index in [4.69, 9.17) is 5.73 Å². The van der Waals surface area contributed by atoms with Crippen molar-refractivity contribution in [2.24, 2.45) is 5.73 Å². The van der Waals surface area contributed by atoms with Crippen molar-refractivity contribution < 1.29 is 23.9 Å². The standard InChI is InChI=1S/C14H14N2O5/c1-8-2-3-9-10(6-8)14(20)16(13(9)19)5-4-12(18)21-7-11(15)17/h2-3,6H,4-5,7H2,1H3,(H2,15,17). The van der Waals surface area contributed by atoms with E-state index in [-0.39, 0.29) is 13.0 Å². The van der Waals surface area contributed by atoms with Gasteiger partial charge in [0.2, 0.25) is 0 Å². The number of imide groups is 1. The summed E-state index contributed by atoms with van der Waals surface area (Å²) < 4.78 is 4.57. The molecule has 0 fully saturated rings. The van der Waals surface area contributed by atoms with E-state index in [0.717, 1.165) is 10.5 Å². The summed E-state index contributed by atoms with van der Waals surface area (Å²) in [4.78, 5) is 47.0. The van der Waals surface area contributed by atoms with Crippen molar-refractivity contribution in [3.8, 4) is 0 Å². The van der Waals surface area contributed by atoms with Gasteiger partial charge in [0.1, 0.15) is 0 Å². The molecule has 0 radical (unpaired) electrons.